The molecule has 0 aliphatic rings. The van der Waals surface area contributed by atoms with Crippen molar-refractivity contribution < 1.29 is 0 Å². The van der Waals surface area contributed by atoms with Gasteiger partial charge < -0.3 is 10.6 Å². The number of anilines is 2. The zero-order valence-electron chi connectivity index (χ0n) is 10.1. The van der Waals surface area contributed by atoms with E-state index < -0.39 is 0 Å². The monoisotopic (exact) mass is 355 g/mol. The first kappa shape index (κ1) is 14.2. The fourth-order valence-corrected chi connectivity index (χ4v) is 2.52. The van der Waals surface area contributed by atoms with Crippen molar-refractivity contribution in [2.45, 2.75) is 0 Å². The van der Waals surface area contributed by atoms with E-state index in [2.05, 4.69) is 20.9 Å². The van der Waals surface area contributed by atoms with Gasteiger partial charge in [-0.1, -0.05) is 23.8 Å². The molecule has 0 fully saturated rings. The Kier molecular flexibility index (Phi) is 4.39. The highest BCUT2D eigenvalue weighted by Gasteiger charge is 2.10. The summed E-state index contributed by atoms with van der Waals surface area (Å²) in [6, 6.07) is 9.41. The van der Waals surface area contributed by atoms with Crippen LogP contribution in [0.25, 0.3) is 0 Å². The topological polar surface area (TPSA) is 42.1 Å². The maximum Gasteiger partial charge on any atom is 0.151 e. The summed E-state index contributed by atoms with van der Waals surface area (Å²) in [6.07, 6.45) is 1.71. The van der Waals surface area contributed by atoms with Gasteiger partial charge in [0.1, 0.15) is 4.99 Å². The number of nitrogens with two attached hydrogens (primary N) is 1. The van der Waals surface area contributed by atoms with Gasteiger partial charge in [-0.2, -0.15) is 0 Å². The molecule has 0 saturated heterocycles. The van der Waals surface area contributed by atoms with Crippen molar-refractivity contribution in [3.63, 3.8) is 0 Å². The predicted molar refractivity (Wildman–Crippen MR) is 87.3 cm³/mol. The van der Waals surface area contributed by atoms with Gasteiger partial charge in [0.05, 0.1) is 5.02 Å². The number of nitrogens with zero attached hydrogens (tertiary/aromatic N) is 2. The van der Waals surface area contributed by atoms with E-state index >= 15 is 0 Å². The Balaban J connectivity index is 2.33. The molecule has 0 radical (unpaired) electrons. The zero-order chi connectivity index (χ0) is 14.0. The van der Waals surface area contributed by atoms with Crippen LogP contribution in [0.2, 0.25) is 5.02 Å². The molecule has 6 heteroatoms. The van der Waals surface area contributed by atoms with E-state index in [-0.39, 0.29) is 0 Å². The van der Waals surface area contributed by atoms with Crippen molar-refractivity contribution in [1.82, 2.24) is 4.98 Å². The van der Waals surface area contributed by atoms with Crippen LogP contribution in [0.1, 0.15) is 5.56 Å². The number of rotatable bonds is 3. The molecule has 0 unspecified atom stereocenters. The number of pyridine rings is 1. The first-order valence-corrected chi connectivity index (χ1v) is 7.01. The highest BCUT2D eigenvalue weighted by Crippen LogP contribution is 2.30. The summed E-state index contributed by atoms with van der Waals surface area (Å²) in [7, 11) is 1.90. The van der Waals surface area contributed by atoms with E-state index in [0.29, 0.717) is 15.8 Å². The van der Waals surface area contributed by atoms with Gasteiger partial charge in [0.2, 0.25) is 0 Å². The number of hydrogen-bond donors (Lipinski definition) is 1. The third kappa shape index (κ3) is 3.23. The first-order chi connectivity index (χ1) is 8.99. The van der Waals surface area contributed by atoms with Gasteiger partial charge in [0.15, 0.2) is 5.82 Å². The molecule has 3 nitrogen and oxygen atoms in total. The summed E-state index contributed by atoms with van der Waals surface area (Å²) in [5.74, 6) is 0.688. The van der Waals surface area contributed by atoms with Gasteiger partial charge in [-0.3, -0.25) is 0 Å². The van der Waals surface area contributed by atoms with Crippen LogP contribution in [-0.4, -0.2) is 17.0 Å². The van der Waals surface area contributed by atoms with E-state index in [1.165, 1.54) is 0 Å². The molecule has 2 aromatic rings. The first-order valence-electron chi connectivity index (χ1n) is 5.43. The lowest BCUT2D eigenvalue weighted by atomic mass is 10.2. The lowest BCUT2D eigenvalue weighted by Gasteiger charge is -2.19. The van der Waals surface area contributed by atoms with Crippen molar-refractivity contribution in [3.05, 3.63) is 51.6 Å². The Morgan fingerprint density at radius 1 is 1.37 bits per heavy atom. The van der Waals surface area contributed by atoms with Gasteiger partial charge in [-0.05, 0) is 46.3 Å². The third-order valence-electron chi connectivity index (χ3n) is 2.65. The minimum Gasteiger partial charge on any atom is -0.389 e. The molecule has 1 aromatic heterocycles. The number of benzene rings is 1. The highest BCUT2D eigenvalue weighted by atomic mass is 79.9. The molecule has 1 aromatic carbocycles. The lowest BCUT2D eigenvalue weighted by molar-refractivity contribution is 1.12. The van der Waals surface area contributed by atoms with E-state index in [9.17, 15) is 0 Å². The quantitative estimate of drug-likeness (QED) is 0.847. The van der Waals surface area contributed by atoms with Crippen LogP contribution in [0.3, 0.4) is 0 Å². The van der Waals surface area contributed by atoms with Crippen molar-refractivity contribution >= 4 is 56.2 Å². The van der Waals surface area contributed by atoms with Crippen molar-refractivity contribution in [2.24, 2.45) is 5.73 Å². The summed E-state index contributed by atoms with van der Waals surface area (Å²) < 4.78 is 0.846. The summed E-state index contributed by atoms with van der Waals surface area (Å²) >= 11 is 14.4. The molecule has 0 aliphatic heterocycles. The Hall–Kier alpha value is -1.17. The Bertz CT molecular complexity index is 616. The van der Waals surface area contributed by atoms with Gasteiger partial charge >= 0.3 is 0 Å². The summed E-state index contributed by atoms with van der Waals surface area (Å²) in [4.78, 5) is 6.59. The highest BCUT2D eigenvalue weighted by molar-refractivity contribution is 9.10. The van der Waals surface area contributed by atoms with Gasteiger partial charge in [-0.15, -0.1) is 0 Å². The molecule has 98 valence electrons. The molecule has 0 saturated carbocycles. The molecule has 0 aliphatic carbocycles. The van der Waals surface area contributed by atoms with Crippen molar-refractivity contribution in [1.29, 1.82) is 0 Å². The molecule has 0 spiro atoms. The number of thiocarbonyl (C=S) groups is 1. The molecule has 1 heterocycles. The largest absolute Gasteiger partial charge is 0.389 e. The molecular weight excluding hydrogens is 346 g/mol. The number of aromatic nitrogens is 1. The van der Waals surface area contributed by atoms with Gasteiger partial charge in [0.25, 0.3) is 0 Å². The number of hydrogen-bond acceptors (Lipinski definition) is 3. The maximum absolute atomic E-state index is 6.18. The summed E-state index contributed by atoms with van der Waals surface area (Å²) in [5.41, 5.74) is 7.36. The standard InChI is InChI=1S/C13H11BrClN3S/c1-18(13-11(15)6-9(14)7-17-13)10-4-2-8(3-5-10)12(16)19/h2-7H,1H3,(H2,16,19). The zero-order valence-corrected chi connectivity index (χ0v) is 13.3. The van der Waals surface area contributed by atoms with E-state index in [1.54, 1.807) is 6.20 Å². The number of halogens is 2. The Labute approximate surface area is 130 Å². The fourth-order valence-electron chi connectivity index (χ4n) is 1.63. The van der Waals surface area contributed by atoms with E-state index in [4.69, 9.17) is 29.6 Å². The molecule has 0 atom stereocenters. The molecule has 19 heavy (non-hydrogen) atoms. The second kappa shape index (κ2) is 5.86. The Morgan fingerprint density at radius 3 is 2.53 bits per heavy atom. The van der Waals surface area contributed by atoms with Crippen LogP contribution in [0.15, 0.2) is 41.0 Å². The van der Waals surface area contributed by atoms with Crippen LogP contribution in [-0.2, 0) is 0 Å². The molecule has 0 amide bonds. The molecule has 2 N–H and O–H groups in total. The summed E-state index contributed by atoms with van der Waals surface area (Å²) in [5, 5.41) is 0.579. The third-order valence-corrected chi connectivity index (χ3v) is 3.59. The summed E-state index contributed by atoms with van der Waals surface area (Å²) in [6.45, 7) is 0. The van der Waals surface area contributed by atoms with Crippen LogP contribution < -0.4 is 10.6 Å². The molecular formula is C13H11BrClN3S. The van der Waals surface area contributed by atoms with E-state index in [0.717, 1.165) is 15.7 Å². The van der Waals surface area contributed by atoms with E-state index in [1.807, 2.05) is 42.3 Å². The van der Waals surface area contributed by atoms with Crippen LogP contribution >= 0.6 is 39.7 Å². The molecule has 2 rings (SSSR count). The molecule has 0 bridgehead atoms. The SMILES string of the molecule is CN(c1ccc(C(N)=S)cc1)c1ncc(Br)cc1Cl. The maximum atomic E-state index is 6.18. The lowest BCUT2D eigenvalue weighted by Crippen LogP contribution is -2.13. The minimum atomic E-state index is 0.383. The van der Waals surface area contributed by atoms with Crippen LogP contribution in [0.5, 0.6) is 0 Å². The second-order valence-corrected chi connectivity index (χ2v) is 5.69. The van der Waals surface area contributed by atoms with Crippen LogP contribution in [0.4, 0.5) is 11.5 Å². The fraction of sp³-hybridized carbons (Fsp3) is 0.0769. The minimum absolute atomic E-state index is 0.383. The van der Waals surface area contributed by atoms with Crippen LogP contribution in [0, 0.1) is 0 Å². The smallest absolute Gasteiger partial charge is 0.151 e. The van der Waals surface area contributed by atoms with Crippen molar-refractivity contribution in [2.75, 3.05) is 11.9 Å². The van der Waals surface area contributed by atoms with Gasteiger partial charge in [-0.25, -0.2) is 4.98 Å². The Morgan fingerprint density at radius 2 is 2.00 bits per heavy atom. The average Bonchev–Trinajstić information content (AvgIpc) is 2.38. The average molecular weight is 357 g/mol. The second-order valence-electron chi connectivity index (χ2n) is 3.93. The normalized spacial score (nSPS) is 10.3. The van der Waals surface area contributed by atoms with Gasteiger partial charge in [0, 0.05) is 29.0 Å². The van der Waals surface area contributed by atoms with Crippen molar-refractivity contribution in [3.8, 4) is 0 Å². The predicted octanol–water partition coefficient (Wildman–Crippen LogP) is 3.90.